The summed E-state index contributed by atoms with van der Waals surface area (Å²) in [6.45, 7) is 2.08. The second-order valence-corrected chi connectivity index (χ2v) is 8.07. The van der Waals surface area contributed by atoms with Crippen LogP contribution in [0.1, 0.15) is 50.2 Å². The van der Waals surface area contributed by atoms with Crippen molar-refractivity contribution in [2.24, 2.45) is 5.41 Å². The summed E-state index contributed by atoms with van der Waals surface area (Å²) < 4.78 is 5.41. The molecule has 3 rings (SSSR count). The van der Waals surface area contributed by atoms with E-state index in [0.29, 0.717) is 18.4 Å². The molecule has 0 radical (unpaired) electrons. The first-order valence-electron chi connectivity index (χ1n) is 9.06. The summed E-state index contributed by atoms with van der Waals surface area (Å²) in [5.41, 5.74) is 2.24. The molecule has 2 atom stereocenters. The number of ketones is 1. The van der Waals surface area contributed by atoms with Crippen LogP contribution in [0.25, 0.3) is 5.57 Å². The first-order chi connectivity index (χ1) is 13.2. The second kappa shape index (κ2) is 7.76. The SMILES string of the molecule is CCCC12CCC(=O)C=C1c1c(cc(OC(CC(=O)O)C(=O)O)c(Cl)c1Cl)C2. The summed E-state index contributed by atoms with van der Waals surface area (Å²) >= 11 is 12.9. The molecule has 6 nitrogen and oxygen atoms in total. The number of rotatable bonds is 7. The Morgan fingerprint density at radius 1 is 1.29 bits per heavy atom. The minimum Gasteiger partial charge on any atom is -0.481 e. The van der Waals surface area contributed by atoms with Gasteiger partial charge in [0.25, 0.3) is 0 Å². The summed E-state index contributed by atoms with van der Waals surface area (Å²) in [6, 6.07) is 1.63. The van der Waals surface area contributed by atoms with Crippen molar-refractivity contribution in [3.63, 3.8) is 0 Å². The van der Waals surface area contributed by atoms with Gasteiger partial charge < -0.3 is 14.9 Å². The number of hydrogen-bond acceptors (Lipinski definition) is 4. The molecular formula is C20H20Cl2O6. The van der Waals surface area contributed by atoms with E-state index >= 15 is 0 Å². The highest BCUT2D eigenvalue weighted by atomic mass is 35.5. The lowest BCUT2D eigenvalue weighted by Crippen LogP contribution is -2.29. The van der Waals surface area contributed by atoms with Crippen LogP contribution < -0.4 is 4.74 Å². The topological polar surface area (TPSA) is 101 Å². The zero-order chi connectivity index (χ0) is 20.6. The molecule has 8 heteroatoms. The lowest BCUT2D eigenvalue weighted by Gasteiger charge is -2.33. The van der Waals surface area contributed by atoms with Crippen LogP contribution in [0.5, 0.6) is 5.75 Å². The molecule has 0 heterocycles. The molecule has 2 N–H and O–H groups in total. The molecule has 1 aromatic rings. The van der Waals surface area contributed by atoms with E-state index in [1.54, 1.807) is 12.1 Å². The lowest BCUT2D eigenvalue weighted by molar-refractivity contribution is -0.151. The number of carbonyl (C=O) groups excluding carboxylic acids is 1. The van der Waals surface area contributed by atoms with Gasteiger partial charge in [-0.2, -0.15) is 0 Å². The Hall–Kier alpha value is -2.05. The molecule has 2 aliphatic rings. The molecule has 2 unspecified atom stereocenters. The minimum atomic E-state index is -1.59. The average Bonchev–Trinajstić information content (AvgIpc) is 2.92. The Bertz CT molecular complexity index is 891. The first kappa shape index (κ1) is 20.7. The van der Waals surface area contributed by atoms with Crippen LogP contribution in [0.3, 0.4) is 0 Å². The summed E-state index contributed by atoms with van der Waals surface area (Å²) in [6.07, 6.45) is 3.04. The van der Waals surface area contributed by atoms with Crippen molar-refractivity contribution < 1.29 is 29.3 Å². The van der Waals surface area contributed by atoms with E-state index in [-0.39, 0.29) is 27.0 Å². The van der Waals surface area contributed by atoms with Crippen LogP contribution in [-0.2, 0) is 20.8 Å². The molecule has 0 aliphatic heterocycles. The highest BCUT2D eigenvalue weighted by Gasteiger charge is 2.45. The van der Waals surface area contributed by atoms with Crippen molar-refractivity contribution in [1.82, 2.24) is 0 Å². The monoisotopic (exact) mass is 426 g/mol. The first-order valence-corrected chi connectivity index (χ1v) is 9.81. The normalized spacial score (nSPS) is 21.5. The number of carboxylic acids is 2. The van der Waals surface area contributed by atoms with Gasteiger partial charge in [-0.25, -0.2) is 4.79 Å². The Labute approximate surface area is 172 Å². The van der Waals surface area contributed by atoms with Crippen molar-refractivity contribution in [1.29, 1.82) is 0 Å². The van der Waals surface area contributed by atoms with E-state index in [9.17, 15) is 19.5 Å². The van der Waals surface area contributed by atoms with Crippen molar-refractivity contribution in [2.75, 3.05) is 0 Å². The van der Waals surface area contributed by atoms with Crippen LogP contribution in [-0.4, -0.2) is 34.0 Å². The zero-order valence-electron chi connectivity index (χ0n) is 15.3. The Morgan fingerprint density at radius 3 is 2.61 bits per heavy atom. The standard InChI is InChI=1S/C20H20Cl2O6/c1-2-4-20-5-3-11(23)7-12(20)16-10(9-20)6-13(17(21)18(16)22)28-14(19(26)27)8-15(24)25/h6-7,14H,2-5,8-9H2,1H3,(H,24,25)(H,26,27). The smallest absolute Gasteiger partial charge is 0.345 e. The number of halogens is 2. The largest absolute Gasteiger partial charge is 0.481 e. The highest BCUT2D eigenvalue weighted by molar-refractivity contribution is 6.44. The molecule has 1 aromatic carbocycles. The average molecular weight is 427 g/mol. The third kappa shape index (κ3) is 3.63. The van der Waals surface area contributed by atoms with Crippen LogP contribution in [0.2, 0.25) is 10.0 Å². The summed E-state index contributed by atoms with van der Waals surface area (Å²) in [5.74, 6) is -2.61. The van der Waals surface area contributed by atoms with Gasteiger partial charge in [0, 0.05) is 17.4 Å². The molecule has 0 fully saturated rings. The van der Waals surface area contributed by atoms with Gasteiger partial charge in [-0.3, -0.25) is 9.59 Å². The molecule has 28 heavy (non-hydrogen) atoms. The van der Waals surface area contributed by atoms with Gasteiger partial charge in [0.2, 0.25) is 6.10 Å². The van der Waals surface area contributed by atoms with E-state index in [1.807, 2.05) is 0 Å². The predicted octanol–water partition coefficient (Wildman–Crippen LogP) is 4.39. The number of benzene rings is 1. The van der Waals surface area contributed by atoms with Crippen molar-refractivity contribution >= 4 is 46.5 Å². The van der Waals surface area contributed by atoms with E-state index in [2.05, 4.69) is 6.92 Å². The number of carbonyl (C=O) groups is 3. The van der Waals surface area contributed by atoms with Gasteiger partial charge in [-0.15, -0.1) is 0 Å². The quantitative estimate of drug-likeness (QED) is 0.670. The number of hydrogen-bond donors (Lipinski definition) is 2. The van der Waals surface area contributed by atoms with Crippen molar-refractivity contribution in [2.45, 2.75) is 51.6 Å². The van der Waals surface area contributed by atoms with Crippen LogP contribution in [0.15, 0.2) is 12.1 Å². The van der Waals surface area contributed by atoms with E-state index in [4.69, 9.17) is 33.0 Å². The maximum atomic E-state index is 12.1. The molecule has 0 aromatic heterocycles. The Morgan fingerprint density at radius 2 is 2.00 bits per heavy atom. The van der Waals surface area contributed by atoms with Crippen LogP contribution in [0, 0.1) is 5.41 Å². The Balaban J connectivity index is 2.06. The maximum absolute atomic E-state index is 12.1. The summed E-state index contributed by atoms with van der Waals surface area (Å²) in [5, 5.41) is 18.4. The fourth-order valence-electron chi connectivity index (χ4n) is 4.26. The molecule has 0 bridgehead atoms. The number of ether oxygens (including phenoxy) is 1. The van der Waals surface area contributed by atoms with Gasteiger partial charge in [0.05, 0.1) is 11.4 Å². The fourth-order valence-corrected chi connectivity index (χ4v) is 4.77. The third-order valence-electron chi connectivity index (χ3n) is 5.41. The van der Waals surface area contributed by atoms with Crippen molar-refractivity contribution in [3.05, 3.63) is 33.3 Å². The number of allylic oxidation sites excluding steroid dienone is 2. The number of aliphatic carboxylic acids is 2. The maximum Gasteiger partial charge on any atom is 0.345 e. The lowest BCUT2D eigenvalue weighted by atomic mass is 9.70. The van der Waals surface area contributed by atoms with Crippen LogP contribution in [0.4, 0.5) is 0 Å². The third-order valence-corrected chi connectivity index (χ3v) is 6.26. The van der Waals surface area contributed by atoms with Crippen LogP contribution >= 0.6 is 23.2 Å². The van der Waals surface area contributed by atoms with Gasteiger partial charge >= 0.3 is 11.9 Å². The Kier molecular flexibility index (Phi) is 5.73. The van der Waals surface area contributed by atoms with Gasteiger partial charge in [0.1, 0.15) is 10.8 Å². The predicted molar refractivity (Wildman–Crippen MR) is 104 cm³/mol. The van der Waals surface area contributed by atoms with Gasteiger partial charge in [0.15, 0.2) is 5.78 Å². The molecule has 0 amide bonds. The molecule has 0 saturated carbocycles. The molecule has 2 aliphatic carbocycles. The van der Waals surface area contributed by atoms with Gasteiger partial charge in [-0.05, 0) is 42.5 Å². The molecule has 150 valence electrons. The summed E-state index contributed by atoms with van der Waals surface area (Å²) in [4.78, 5) is 34.3. The van der Waals surface area contributed by atoms with Crippen molar-refractivity contribution in [3.8, 4) is 5.75 Å². The molecule has 0 saturated heterocycles. The van der Waals surface area contributed by atoms with E-state index < -0.39 is 24.5 Å². The fraction of sp³-hybridized carbons (Fsp3) is 0.450. The van der Waals surface area contributed by atoms with E-state index in [1.165, 1.54) is 0 Å². The molecular weight excluding hydrogens is 407 g/mol. The molecule has 0 spiro atoms. The van der Waals surface area contributed by atoms with Gasteiger partial charge in [-0.1, -0.05) is 36.5 Å². The second-order valence-electron chi connectivity index (χ2n) is 7.31. The zero-order valence-corrected chi connectivity index (χ0v) is 16.8. The highest BCUT2D eigenvalue weighted by Crippen LogP contribution is 2.58. The van der Waals surface area contributed by atoms with E-state index in [0.717, 1.165) is 30.4 Å². The summed E-state index contributed by atoms with van der Waals surface area (Å²) in [7, 11) is 0. The number of carboxylic acid groups (broad SMARTS) is 2. The number of fused-ring (bicyclic) bond motifs is 3. The minimum absolute atomic E-state index is 0.0169.